The van der Waals surface area contributed by atoms with E-state index in [1.54, 1.807) is 0 Å². The molecule has 0 unspecified atom stereocenters. The molecule has 0 atom stereocenters. The molecule has 2 rings (SSSR count). The van der Waals surface area contributed by atoms with Gasteiger partial charge in [-0.3, -0.25) is 19.4 Å². The second-order valence-corrected chi connectivity index (χ2v) is 8.13. The van der Waals surface area contributed by atoms with E-state index in [-0.39, 0.29) is 23.9 Å². The van der Waals surface area contributed by atoms with E-state index in [1.807, 2.05) is 12.2 Å². The monoisotopic (exact) mass is 432 g/mol. The highest BCUT2D eigenvalue weighted by molar-refractivity contribution is 5.95. The summed E-state index contributed by atoms with van der Waals surface area (Å²) in [6.45, 7) is 5.84. The zero-order valence-electron chi connectivity index (χ0n) is 18.5. The van der Waals surface area contributed by atoms with Gasteiger partial charge in [-0.1, -0.05) is 43.6 Å². The number of hydrogen-bond acceptors (Lipinski definition) is 4. The Bertz CT molecular complexity index is 689. The predicted molar refractivity (Wildman–Crippen MR) is 119 cm³/mol. The normalized spacial score (nSPS) is 18.1. The van der Waals surface area contributed by atoms with Crippen LogP contribution in [0.25, 0.3) is 0 Å². The van der Waals surface area contributed by atoms with Gasteiger partial charge in [0.05, 0.1) is 0 Å². The summed E-state index contributed by atoms with van der Waals surface area (Å²) in [5, 5.41) is 5.66. The van der Waals surface area contributed by atoms with Crippen molar-refractivity contribution < 1.29 is 19.2 Å². The number of urea groups is 2. The zero-order chi connectivity index (χ0) is 22.5. The number of rotatable bonds is 7. The third-order valence-corrected chi connectivity index (χ3v) is 5.56. The topological polar surface area (TPSA) is 98.8 Å². The van der Waals surface area contributed by atoms with Gasteiger partial charge >= 0.3 is 12.1 Å². The van der Waals surface area contributed by atoms with Crippen LogP contribution in [0.1, 0.15) is 70.6 Å². The summed E-state index contributed by atoms with van der Waals surface area (Å²) in [5.74, 6) is -0.240. The van der Waals surface area contributed by atoms with E-state index < -0.39 is 0 Å². The third-order valence-electron chi connectivity index (χ3n) is 5.56. The Labute approximate surface area is 185 Å². The lowest BCUT2D eigenvalue weighted by atomic mass is 10.2. The van der Waals surface area contributed by atoms with Gasteiger partial charge in [0.1, 0.15) is 0 Å². The highest BCUT2D eigenvalue weighted by atomic mass is 16.2. The van der Waals surface area contributed by atoms with E-state index >= 15 is 0 Å². The molecule has 2 aliphatic rings. The molecule has 2 heterocycles. The summed E-state index contributed by atoms with van der Waals surface area (Å²) in [6, 6.07) is -0.625. The Morgan fingerprint density at radius 1 is 0.806 bits per heavy atom. The van der Waals surface area contributed by atoms with Gasteiger partial charge in [0.15, 0.2) is 0 Å². The fourth-order valence-corrected chi connectivity index (χ4v) is 3.65. The summed E-state index contributed by atoms with van der Waals surface area (Å²) < 4.78 is 0. The minimum absolute atomic E-state index is 0.0829. The van der Waals surface area contributed by atoms with Crippen LogP contribution in [0.5, 0.6) is 0 Å². The van der Waals surface area contributed by atoms with Crippen molar-refractivity contribution in [2.75, 3.05) is 26.2 Å². The molecule has 6 amide bonds. The van der Waals surface area contributed by atoms with Gasteiger partial charge in [-0.25, -0.2) is 9.59 Å². The van der Waals surface area contributed by atoms with Crippen molar-refractivity contribution >= 4 is 23.9 Å². The van der Waals surface area contributed by atoms with Crippen LogP contribution in [0.15, 0.2) is 24.3 Å². The van der Waals surface area contributed by atoms with E-state index in [9.17, 15) is 19.2 Å². The van der Waals surface area contributed by atoms with Crippen molar-refractivity contribution in [3.63, 3.8) is 0 Å². The van der Waals surface area contributed by atoms with Crippen LogP contribution >= 0.6 is 0 Å². The first kappa shape index (κ1) is 24.6. The van der Waals surface area contributed by atoms with Crippen LogP contribution in [-0.2, 0) is 9.59 Å². The first-order chi connectivity index (χ1) is 15.0. The highest BCUT2D eigenvalue weighted by Gasteiger charge is 2.23. The second-order valence-electron chi connectivity index (χ2n) is 8.13. The van der Waals surface area contributed by atoms with Gasteiger partial charge < -0.3 is 10.6 Å². The molecule has 1 fully saturated rings. The van der Waals surface area contributed by atoms with Gasteiger partial charge in [0.25, 0.3) is 0 Å². The Kier molecular flexibility index (Phi) is 10.8. The summed E-state index contributed by atoms with van der Waals surface area (Å²) in [7, 11) is 0. The first-order valence-electron chi connectivity index (χ1n) is 11.5. The first-order valence-corrected chi connectivity index (χ1v) is 11.5. The van der Waals surface area contributed by atoms with Gasteiger partial charge in [0.2, 0.25) is 11.8 Å². The largest absolute Gasteiger partial charge is 0.338 e. The second kappa shape index (κ2) is 13.6. The molecule has 8 heteroatoms. The lowest BCUT2D eigenvalue weighted by Gasteiger charge is -2.21. The van der Waals surface area contributed by atoms with Crippen LogP contribution in [0.2, 0.25) is 0 Å². The SMILES string of the molecule is C=C1C=CCCC(=O)N(C(=O)NCCCCCCNC(=O)N2CCCCCC2=O)CC1. The molecule has 8 nitrogen and oxygen atoms in total. The van der Waals surface area contributed by atoms with Crippen molar-refractivity contribution in [2.24, 2.45) is 0 Å². The quantitative estimate of drug-likeness (QED) is 0.602. The van der Waals surface area contributed by atoms with E-state index in [2.05, 4.69) is 17.2 Å². The van der Waals surface area contributed by atoms with Crippen LogP contribution < -0.4 is 10.6 Å². The summed E-state index contributed by atoms with van der Waals surface area (Å²) in [5.41, 5.74) is 0.916. The molecule has 0 aliphatic carbocycles. The molecule has 31 heavy (non-hydrogen) atoms. The Morgan fingerprint density at radius 3 is 2.10 bits per heavy atom. The molecule has 0 spiro atoms. The number of imide groups is 2. The molecule has 2 N–H and O–H groups in total. The summed E-state index contributed by atoms with van der Waals surface area (Å²) >= 11 is 0. The van der Waals surface area contributed by atoms with E-state index in [0.717, 1.165) is 50.5 Å². The maximum atomic E-state index is 12.4. The average molecular weight is 433 g/mol. The third kappa shape index (κ3) is 8.94. The van der Waals surface area contributed by atoms with Crippen LogP contribution in [0.3, 0.4) is 0 Å². The smallest absolute Gasteiger partial charge is 0.324 e. The zero-order valence-corrected chi connectivity index (χ0v) is 18.5. The molecule has 0 bridgehead atoms. The molecule has 0 aromatic heterocycles. The van der Waals surface area contributed by atoms with Crippen molar-refractivity contribution in [3.05, 3.63) is 24.3 Å². The number of allylic oxidation sites excluding steroid dienone is 2. The fraction of sp³-hybridized carbons (Fsp3) is 0.652. The number of carbonyl (C=O) groups excluding carboxylic acids is 4. The van der Waals surface area contributed by atoms with Gasteiger partial charge in [0, 0.05) is 39.0 Å². The number of carbonyl (C=O) groups is 4. The number of unbranched alkanes of at least 4 members (excludes halogenated alkanes) is 3. The number of hydrogen-bond donors (Lipinski definition) is 2. The minimum Gasteiger partial charge on any atom is -0.338 e. The molecule has 2 aliphatic heterocycles. The van der Waals surface area contributed by atoms with Crippen LogP contribution in [0, 0.1) is 0 Å². The highest BCUT2D eigenvalue weighted by Crippen LogP contribution is 2.12. The lowest BCUT2D eigenvalue weighted by Crippen LogP contribution is -2.44. The molecular weight excluding hydrogens is 396 g/mol. The van der Waals surface area contributed by atoms with Gasteiger partial charge in [-0.05, 0) is 38.5 Å². The van der Waals surface area contributed by atoms with E-state index in [1.165, 1.54) is 9.80 Å². The maximum Gasteiger partial charge on any atom is 0.324 e. The van der Waals surface area contributed by atoms with Crippen molar-refractivity contribution in [2.45, 2.75) is 70.6 Å². The van der Waals surface area contributed by atoms with Crippen LogP contribution in [-0.4, -0.2) is 59.9 Å². The van der Waals surface area contributed by atoms with Gasteiger partial charge in [-0.15, -0.1) is 0 Å². The van der Waals surface area contributed by atoms with E-state index in [4.69, 9.17) is 0 Å². The number of nitrogens with one attached hydrogen (secondary N) is 2. The number of nitrogens with zero attached hydrogens (tertiary/aromatic N) is 2. The Hall–Kier alpha value is -2.64. The molecule has 0 aromatic carbocycles. The van der Waals surface area contributed by atoms with Crippen molar-refractivity contribution in [1.82, 2.24) is 20.4 Å². The van der Waals surface area contributed by atoms with Gasteiger partial charge in [-0.2, -0.15) is 0 Å². The van der Waals surface area contributed by atoms with E-state index in [0.29, 0.717) is 51.9 Å². The summed E-state index contributed by atoms with van der Waals surface area (Å²) in [6.07, 6.45) is 12.0. The molecule has 0 saturated carbocycles. The minimum atomic E-state index is -0.339. The fourth-order valence-electron chi connectivity index (χ4n) is 3.65. The molecular formula is C23H36N4O4. The molecule has 172 valence electrons. The standard InChI is InChI=1S/C23H36N4O4/c1-19-11-6-7-13-21(29)27(18-14-19)23(31)25-16-9-3-2-8-15-24-22(30)26-17-10-4-5-12-20(26)28/h6,11H,1-5,7-10,12-18H2,(H,24,30)(H,25,31). The Morgan fingerprint density at radius 2 is 1.42 bits per heavy atom. The number of likely N-dealkylation sites (tertiary alicyclic amines) is 1. The Balaban J connectivity index is 1.55. The maximum absolute atomic E-state index is 12.4. The molecule has 1 saturated heterocycles. The molecule has 0 aromatic rings. The average Bonchev–Trinajstić information content (AvgIpc) is 2.92. The lowest BCUT2D eigenvalue weighted by molar-refractivity contribution is -0.128. The summed E-state index contributed by atoms with van der Waals surface area (Å²) in [4.78, 5) is 51.3. The van der Waals surface area contributed by atoms with Crippen LogP contribution in [0.4, 0.5) is 9.59 Å². The van der Waals surface area contributed by atoms with Crippen molar-refractivity contribution in [1.29, 1.82) is 0 Å². The van der Waals surface area contributed by atoms with Crippen molar-refractivity contribution in [3.8, 4) is 0 Å². The predicted octanol–water partition coefficient (Wildman–Crippen LogP) is 3.49. The molecule has 0 radical (unpaired) electrons. The number of amides is 6.